The first-order valence-corrected chi connectivity index (χ1v) is 19.2. The number of nitrogens with zero attached hydrogens (tertiary/aromatic N) is 3. The zero-order valence-corrected chi connectivity index (χ0v) is 30.8. The van der Waals surface area contributed by atoms with Crippen LogP contribution in [0.1, 0.15) is 142 Å². The van der Waals surface area contributed by atoms with E-state index in [9.17, 15) is 9.90 Å². The number of fused-ring (bicyclic) bond motifs is 1. The van der Waals surface area contributed by atoms with E-state index in [1.54, 1.807) is 11.8 Å². The molecule has 1 aromatic heterocycles. The normalized spacial score (nSPS) is 11.8. The van der Waals surface area contributed by atoms with Gasteiger partial charge in [0.25, 0.3) is 0 Å². The van der Waals surface area contributed by atoms with Gasteiger partial charge in [0, 0.05) is 21.8 Å². The summed E-state index contributed by atoms with van der Waals surface area (Å²) in [6.07, 6.45) is 20.1. The van der Waals surface area contributed by atoms with E-state index in [4.69, 9.17) is 9.84 Å². The molecule has 0 amide bonds. The number of aromatic hydroxyl groups is 1. The fraction of sp³-hybridized carbons (Fsp3) is 0.537. The number of phenolic OH excluding ortho intramolecular Hbond substituents is 1. The molecular weight excluding hydrogens is 615 g/mol. The number of aromatic nitrogens is 3. The summed E-state index contributed by atoms with van der Waals surface area (Å²) in [5.41, 5.74) is 3.80. The molecule has 0 aliphatic heterocycles. The number of rotatable bonds is 20. The lowest BCUT2D eigenvalue weighted by Gasteiger charge is -2.22. The Morgan fingerprint density at radius 2 is 1.27 bits per heavy atom. The van der Waals surface area contributed by atoms with Crippen LogP contribution in [0.15, 0.2) is 64.4 Å². The predicted molar refractivity (Wildman–Crippen MR) is 200 cm³/mol. The second-order valence-electron chi connectivity index (χ2n) is 14.3. The maximum absolute atomic E-state index is 12.4. The molecule has 1 N–H and O–H groups in total. The first-order chi connectivity index (χ1) is 23.1. The summed E-state index contributed by atoms with van der Waals surface area (Å²) in [6.45, 7) is 10.5. The van der Waals surface area contributed by atoms with Crippen LogP contribution < -0.4 is 4.74 Å². The molecule has 0 spiro atoms. The Morgan fingerprint density at radius 3 is 1.85 bits per heavy atom. The summed E-state index contributed by atoms with van der Waals surface area (Å²) in [6, 6.07) is 17.6. The second kappa shape index (κ2) is 19.0. The molecule has 0 unspecified atom stereocenters. The Morgan fingerprint density at radius 1 is 0.729 bits per heavy atom. The molecule has 0 saturated heterocycles. The van der Waals surface area contributed by atoms with Crippen molar-refractivity contribution in [1.82, 2.24) is 15.0 Å². The van der Waals surface area contributed by atoms with Crippen molar-refractivity contribution in [3.8, 4) is 17.2 Å². The number of carbonyl (C=O) groups is 1. The Hall–Kier alpha value is -3.32. The van der Waals surface area contributed by atoms with Crippen LogP contribution in [-0.4, -0.2) is 26.1 Å². The highest BCUT2D eigenvalue weighted by Gasteiger charge is 2.22. The summed E-state index contributed by atoms with van der Waals surface area (Å²) in [5, 5.41) is 20.4. The molecule has 3 aromatic carbocycles. The summed E-state index contributed by atoms with van der Waals surface area (Å²) in [5.74, 6) is 0.628. The molecule has 0 fully saturated rings. The Balaban J connectivity index is 1.15. The van der Waals surface area contributed by atoms with E-state index in [-0.39, 0.29) is 17.1 Å². The van der Waals surface area contributed by atoms with Gasteiger partial charge in [-0.3, -0.25) is 4.79 Å². The number of ether oxygens (including phenoxy) is 1. The van der Waals surface area contributed by atoms with Gasteiger partial charge in [-0.05, 0) is 72.9 Å². The van der Waals surface area contributed by atoms with Crippen molar-refractivity contribution in [3.63, 3.8) is 0 Å². The zero-order valence-electron chi connectivity index (χ0n) is 30.0. The van der Waals surface area contributed by atoms with Gasteiger partial charge in [-0.15, -0.1) is 15.0 Å². The highest BCUT2D eigenvalue weighted by molar-refractivity contribution is 7.99. The third-order valence-corrected chi connectivity index (χ3v) is 9.88. The van der Waals surface area contributed by atoms with Gasteiger partial charge in [-0.2, -0.15) is 0 Å². The summed E-state index contributed by atoms with van der Waals surface area (Å²) in [4.78, 5) is 16.0. The first kappa shape index (κ1) is 37.5. The van der Waals surface area contributed by atoms with Crippen molar-refractivity contribution in [1.29, 1.82) is 0 Å². The lowest BCUT2D eigenvalue weighted by Crippen LogP contribution is -2.13. The number of esters is 1. The number of hydrogen-bond acceptors (Lipinski definition) is 6. The van der Waals surface area contributed by atoms with Crippen LogP contribution in [0.4, 0.5) is 0 Å². The van der Waals surface area contributed by atoms with Gasteiger partial charge in [0.1, 0.15) is 28.2 Å². The molecule has 1 heterocycles. The molecule has 7 heteroatoms. The number of aryl methyl sites for hydroxylation is 1. The van der Waals surface area contributed by atoms with E-state index in [0.29, 0.717) is 17.9 Å². The van der Waals surface area contributed by atoms with Crippen molar-refractivity contribution >= 4 is 28.8 Å². The third kappa shape index (κ3) is 12.0. The van der Waals surface area contributed by atoms with Crippen molar-refractivity contribution < 1.29 is 14.6 Å². The lowest BCUT2D eigenvalue weighted by atomic mass is 9.85. The molecular formula is C41H57N3O3S. The molecule has 260 valence electrons. The van der Waals surface area contributed by atoms with Crippen LogP contribution in [0.25, 0.3) is 16.7 Å². The monoisotopic (exact) mass is 671 g/mol. The number of phenols is 1. The highest BCUT2D eigenvalue weighted by atomic mass is 32.2. The topological polar surface area (TPSA) is 77.2 Å². The van der Waals surface area contributed by atoms with Crippen molar-refractivity contribution in [3.05, 3.63) is 65.7 Å². The van der Waals surface area contributed by atoms with Crippen molar-refractivity contribution in [2.24, 2.45) is 0 Å². The molecule has 0 radical (unpaired) electrons. The predicted octanol–water partition coefficient (Wildman–Crippen LogP) is 12.1. The van der Waals surface area contributed by atoms with E-state index in [0.717, 1.165) is 44.8 Å². The molecule has 4 aromatic rings. The molecule has 6 nitrogen and oxygen atoms in total. The molecule has 4 rings (SSSR count). The minimum atomic E-state index is -0.208. The summed E-state index contributed by atoms with van der Waals surface area (Å²) >= 11 is 1.61. The standard InChI is InChI=1S/C41H57N3O3S/c1-6-7-8-9-10-11-12-13-14-15-16-17-18-19-20-21-39(45)47-32-22-24-33(25-23-32)48-34-26-27-36-37(30-34)43-44(42-36)38-29-31(2)28-35(40(38)46)41(3,4)5/h22-30,46H,6-21H2,1-5H3. The zero-order chi connectivity index (χ0) is 34.4. The van der Waals surface area contributed by atoms with Crippen LogP contribution >= 0.6 is 11.8 Å². The molecule has 0 atom stereocenters. The lowest BCUT2D eigenvalue weighted by molar-refractivity contribution is -0.134. The van der Waals surface area contributed by atoms with Crippen LogP contribution in [0, 0.1) is 6.92 Å². The SMILES string of the molecule is CCCCCCCCCCCCCCCCCC(=O)Oc1ccc(Sc2ccc3nn(-c4cc(C)cc(C(C)(C)C)c4O)nc3c2)cc1. The van der Waals surface area contributed by atoms with Gasteiger partial charge in [-0.25, -0.2) is 0 Å². The maximum Gasteiger partial charge on any atom is 0.311 e. The van der Waals surface area contributed by atoms with E-state index in [1.165, 1.54) is 88.3 Å². The van der Waals surface area contributed by atoms with Gasteiger partial charge < -0.3 is 9.84 Å². The average Bonchev–Trinajstić information content (AvgIpc) is 3.47. The largest absolute Gasteiger partial charge is 0.505 e. The summed E-state index contributed by atoms with van der Waals surface area (Å²) < 4.78 is 5.60. The number of carbonyl (C=O) groups excluding carboxylic acids is 1. The summed E-state index contributed by atoms with van der Waals surface area (Å²) in [7, 11) is 0. The van der Waals surface area contributed by atoms with Gasteiger partial charge in [-0.1, -0.05) is 135 Å². The number of benzene rings is 3. The minimum Gasteiger partial charge on any atom is -0.505 e. The number of unbranched alkanes of at least 4 members (excludes halogenated alkanes) is 14. The van der Waals surface area contributed by atoms with E-state index in [2.05, 4.69) is 32.8 Å². The smallest absolute Gasteiger partial charge is 0.311 e. The highest BCUT2D eigenvalue weighted by Crippen LogP contribution is 2.36. The van der Waals surface area contributed by atoms with E-state index < -0.39 is 0 Å². The minimum absolute atomic E-state index is 0.159. The van der Waals surface area contributed by atoms with Crippen LogP contribution in [-0.2, 0) is 10.2 Å². The van der Waals surface area contributed by atoms with E-state index >= 15 is 0 Å². The maximum atomic E-state index is 12.4. The van der Waals surface area contributed by atoms with Crippen LogP contribution in [0.3, 0.4) is 0 Å². The van der Waals surface area contributed by atoms with Gasteiger partial charge >= 0.3 is 5.97 Å². The average molecular weight is 672 g/mol. The van der Waals surface area contributed by atoms with Crippen molar-refractivity contribution in [2.45, 2.75) is 153 Å². The van der Waals surface area contributed by atoms with Gasteiger partial charge in [0.2, 0.25) is 0 Å². The third-order valence-electron chi connectivity index (χ3n) is 8.88. The van der Waals surface area contributed by atoms with Crippen LogP contribution in [0.2, 0.25) is 0 Å². The Bertz CT molecular complexity index is 1570. The molecule has 0 aliphatic carbocycles. The number of hydrogen-bond donors (Lipinski definition) is 1. The fourth-order valence-corrected chi connectivity index (χ4v) is 6.94. The molecule has 0 saturated carbocycles. The second-order valence-corrected chi connectivity index (χ2v) is 15.5. The molecule has 0 aliphatic rings. The fourth-order valence-electron chi connectivity index (χ4n) is 6.08. The quantitative estimate of drug-likeness (QED) is 0.0572. The Labute approximate surface area is 293 Å². The van der Waals surface area contributed by atoms with Crippen LogP contribution in [0.5, 0.6) is 11.5 Å². The molecule has 48 heavy (non-hydrogen) atoms. The Kier molecular flexibility index (Phi) is 14.9. The molecule has 0 bridgehead atoms. The van der Waals surface area contributed by atoms with Gasteiger partial charge in [0.05, 0.1) is 0 Å². The van der Waals surface area contributed by atoms with Crippen molar-refractivity contribution in [2.75, 3.05) is 0 Å². The van der Waals surface area contributed by atoms with Gasteiger partial charge in [0.15, 0.2) is 0 Å². The van der Waals surface area contributed by atoms with E-state index in [1.807, 2.05) is 61.5 Å². The first-order valence-electron chi connectivity index (χ1n) is 18.3.